The highest BCUT2D eigenvalue weighted by Crippen LogP contribution is 2.43. The minimum absolute atomic E-state index is 0.0550. The highest BCUT2D eigenvalue weighted by Gasteiger charge is 2.50. The molecule has 0 aromatic carbocycles. The number of ether oxygens (including phenoxy) is 2. The molecule has 0 aromatic rings. The summed E-state index contributed by atoms with van der Waals surface area (Å²) in [6.45, 7) is 5.00. The van der Waals surface area contributed by atoms with Crippen LogP contribution in [0.4, 0.5) is 0 Å². The summed E-state index contributed by atoms with van der Waals surface area (Å²) in [6.07, 6.45) is 4.89. The van der Waals surface area contributed by atoms with Crippen molar-refractivity contribution in [2.75, 3.05) is 6.61 Å². The molecule has 1 heterocycles. The molecule has 1 saturated carbocycles. The maximum atomic E-state index is 10.1. The van der Waals surface area contributed by atoms with Crippen LogP contribution < -0.4 is 0 Å². The van der Waals surface area contributed by atoms with E-state index in [9.17, 15) is 5.11 Å². The van der Waals surface area contributed by atoms with Crippen molar-refractivity contribution in [2.45, 2.75) is 63.9 Å². The summed E-state index contributed by atoms with van der Waals surface area (Å²) in [6, 6.07) is 0. The average molecular weight is 214 g/mol. The molecule has 15 heavy (non-hydrogen) atoms. The maximum absolute atomic E-state index is 10.1. The molecule has 88 valence electrons. The van der Waals surface area contributed by atoms with Gasteiger partial charge >= 0.3 is 0 Å². The lowest BCUT2D eigenvalue weighted by Gasteiger charge is -2.32. The van der Waals surface area contributed by atoms with E-state index in [1.165, 1.54) is 6.42 Å². The van der Waals surface area contributed by atoms with Crippen molar-refractivity contribution in [1.82, 2.24) is 0 Å². The Morgan fingerprint density at radius 3 is 2.53 bits per heavy atom. The molecule has 1 aliphatic heterocycles. The van der Waals surface area contributed by atoms with Crippen LogP contribution in [0.2, 0.25) is 0 Å². The Morgan fingerprint density at radius 2 is 2.07 bits per heavy atom. The third-order valence-corrected chi connectivity index (χ3v) is 3.33. The molecule has 0 spiro atoms. The van der Waals surface area contributed by atoms with Gasteiger partial charge in [0.2, 0.25) is 0 Å². The van der Waals surface area contributed by atoms with Crippen molar-refractivity contribution >= 4 is 0 Å². The van der Waals surface area contributed by atoms with Gasteiger partial charge in [-0.25, -0.2) is 0 Å². The fourth-order valence-electron chi connectivity index (χ4n) is 2.30. The Labute approximate surface area is 91.8 Å². The first kappa shape index (κ1) is 11.4. The average Bonchev–Trinajstić information content (AvgIpc) is 2.95. The van der Waals surface area contributed by atoms with Crippen molar-refractivity contribution in [2.24, 2.45) is 5.92 Å². The summed E-state index contributed by atoms with van der Waals surface area (Å²) >= 11 is 0. The predicted octanol–water partition coefficient (Wildman–Crippen LogP) is 2.08. The molecular formula is C12H22O3. The molecule has 0 bridgehead atoms. The standard InChI is InChI=1S/C12H22O3/c1-9(2)11(12(13)6-7-12)15-10-5-3-4-8-14-10/h9-11,13H,3-8H2,1-2H3/t10?,11-/m0/s1. The van der Waals surface area contributed by atoms with Gasteiger partial charge in [-0.3, -0.25) is 0 Å². The van der Waals surface area contributed by atoms with E-state index in [1.54, 1.807) is 0 Å². The Balaban J connectivity index is 1.88. The molecule has 2 atom stereocenters. The van der Waals surface area contributed by atoms with E-state index in [4.69, 9.17) is 9.47 Å². The lowest BCUT2D eigenvalue weighted by molar-refractivity contribution is -0.221. The Hall–Kier alpha value is -0.120. The van der Waals surface area contributed by atoms with Crippen molar-refractivity contribution in [1.29, 1.82) is 0 Å². The maximum Gasteiger partial charge on any atom is 0.158 e. The zero-order chi connectivity index (χ0) is 10.9. The molecule has 2 rings (SSSR count). The molecule has 0 radical (unpaired) electrons. The summed E-state index contributed by atoms with van der Waals surface area (Å²) in [7, 11) is 0. The Kier molecular flexibility index (Phi) is 3.33. The van der Waals surface area contributed by atoms with Crippen LogP contribution in [0.3, 0.4) is 0 Å². The molecule has 0 aromatic heterocycles. The highest BCUT2D eigenvalue weighted by atomic mass is 16.7. The van der Waals surface area contributed by atoms with Gasteiger partial charge in [0.1, 0.15) is 0 Å². The zero-order valence-corrected chi connectivity index (χ0v) is 9.74. The minimum atomic E-state index is -0.561. The van der Waals surface area contributed by atoms with E-state index < -0.39 is 5.60 Å². The summed E-state index contributed by atoms with van der Waals surface area (Å²) < 4.78 is 11.5. The molecule has 2 fully saturated rings. The van der Waals surface area contributed by atoms with Crippen molar-refractivity contribution in [3.05, 3.63) is 0 Å². The van der Waals surface area contributed by atoms with Crippen LogP contribution in [-0.4, -0.2) is 29.7 Å². The van der Waals surface area contributed by atoms with Gasteiger partial charge in [0.25, 0.3) is 0 Å². The zero-order valence-electron chi connectivity index (χ0n) is 9.74. The van der Waals surface area contributed by atoms with Gasteiger partial charge < -0.3 is 14.6 Å². The van der Waals surface area contributed by atoms with Crippen LogP contribution in [0.25, 0.3) is 0 Å². The van der Waals surface area contributed by atoms with Crippen LogP contribution in [0.15, 0.2) is 0 Å². The molecule has 3 heteroatoms. The topological polar surface area (TPSA) is 38.7 Å². The summed E-state index contributed by atoms with van der Waals surface area (Å²) in [4.78, 5) is 0. The molecule has 1 N–H and O–H groups in total. The van der Waals surface area contributed by atoms with Crippen LogP contribution >= 0.6 is 0 Å². The minimum Gasteiger partial charge on any atom is -0.387 e. The van der Waals surface area contributed by atoms with Gasteiger partial charge in [-0.1, -0.05) is 13.8 Å². The van der Waals surface area contributed by atoms with Crippen LogP contribution in [0.1, 0.15) is 46.0 Å². The summed E-state index contributed by atoms with van der Waals surface area (Å²) in [5, 5.41) is 10.1. The first-order valence-corrected chi connectivity index (χ1v) is 6.11. The van der Waals surface area contributed by atoms with Gasteiger partial charge in [0.15, 0.2) is 6.29 Å². The second-order valence-corrected chi connectivity index (χ2v) is 5.20. The second-order valence-electron chi connectivity index (χ2n) is 5.20. The fraction of sp³-hybridized carbons (Fsp3) is 1.00. The molecule has 2 aliphatic rings. The van der Waals surface area contributed by atoms with E-state index in [0.717, 1.165) is 32.3 Å². The van der Waals surface area contributed by atoms with E-state index in [2.05, 4.69) is 13.8 Å². The predicted molar refractivity (Wildman–Crippen MR) is 57.5 cm³/mol. The van der Waals surface area contributed by atoms with Gasteiger partial charge in [-0.05, 0) is 38.0 Å². The van der Waals surface area contributed by atoms with Gasteiger partial charge in [-0.15, -0.1) is 0 Å². The SMILES string of the molecule is CC(C)[C@H](OC1CCCCO1)C1(O)CC1. The first-order chi connectivity index (χ1) is 7.12. The monoisotopic (exact) mass is 214 g/mol. The second kappa shape index (κ2) is 4.40. The summed E-state index contributed by atoms with van der Waals surface area (Å²) in [5.41, 5.74) is -0.561. The number of rotatable bonds is 4. The Bertz CT molecular complexity index is 205. The lowest BCUT2D eigenvalue weighted by atomic mass is 9.99. The van der Waals surface area contributed by atoms with Crippen molar-refractivity contribution in [3.8, 4) is 0 Å². The Morgan fingerprint density at radius 1 is 1.33 bits per heavy atom. The highest BCUT2D eigenvalue weighted by molar-refractivity contribution is 5.01. The molecule has 0 amide bonds. The van der Waals surface area contributed by atoms with Gasteiger partial charge in [0, 0.05) is 6.61 Å². The van der Waals surface area contributed by atoms with Crippen molar-refractivity contribution < 1.29 is 14.6 Å². The van der Waals surface area contributed by atoms with Crippen LogP contribution in [-0.2, 0) is 9.47 Å². The van der Waals surface area contributed by atoms with E-state index in [0.29, 0.717) is 5.92 Å². The smallest absolute Gasteiger partial charge is 0.158 e. The van der Waals surface area contributed by atoms with Gasteiger partial charge in [0.05, 0.1) is 11.7 Å². The molecule has 1 saturated heterocycles. The van der Waals surface area contributed by atoms with Gasteiger partial charge in [-0.2, -0.15) is 0 Å². The van der Waals surface area contributed by atoms with E-state index >= 15 is 0 Å². The van der Waals surface area contributed by atoms with Crippen LogP contribution in [0, 0.1) is 5.92 Å². The van der Waals surface area contributed by atoms with E-state index in [1.807, 2.05) is 0 Å². The fourth-order valence-corrected chi connectivity index (χ4v) is 2.30. The first-order valence-electron chi connectivity index (χ1n) is 6.11. The number of aliphatic hydroxyl groups is 1. The molecule has 3 nitrogen and oxygen atoms in total. The third-order valence-electron chi connectivity index (χ3n) is 3.33. The third kappa shape index (κ3) is 2.71. The van der Waals surface area contributed by atoms with Crippen LogP contribution in [0.5, 0.6) is 0 Å². The van der Waals surface area contributed by atoms with Crippen molar-refractivity contribution in [3.63, 3.8) is 0 Å². The molecular weight excluding hydrogens is 192 g/mol. The van der Waals surface area contributed by atoms with E-state index in [-0.39, 0.29) is 12.4 Å². The molecule has 1 aliphatic carbocycles. The molecule has 1 unspecified atom stereocenters. The number of hydrogen-bond donors (Lipinski definition) is 1. The quantitative estimate of drug-likeness (QED) is 0.778. The lowest BCUT2D eigenvalue weighted by Crippen LogP contribution is -2.40. The normalized spacial score (nSPS) is 31.6. The number of hydrogen-bond acceptors (Lipinski definition) is 3. The largest absolute Gasteiger partial charge is 0.387 e. The summed E-state index contributed by atoms with van der Waals surface area (Å²) in [5.74, 6) is 0.350.